The third kappa shape index (κ3) is 2.50. The molecule has 0 aliphatic heterocycles. The Morgan fingerprint density at radius 2 is 1.81 bits per heavy atom. The Hall–Kier alpha value is -3.37. The van der Waals surface area contributed by atoms with Crippen LogP contribution in [0, 0.1) is 11.8 Å². The lowest BCUT2D eigenvalue weighted by Gasteiger charge is -2.50. The molecule has 0 aromatic heterocycles. The number of fused-ring (bicyclic) bond motifs is 3. The molecule has 3 aliphatic carbocycles. The van der Waals surface area contributed by atoms with Gasteiger partial charge in [-0.05, 0) is 17.5 Å². The highest BCUT2D eigenvalue weighted by atomic mass is 16.4. The van der Waals surface area contributed by atoms with Crippen LogP contribution < -0.4 is 10.6 Å². The summed E-state index contributed by atoms with van der Waals surface area (Å²) in [5, 5.41) is 54.8. The molecule has 1 fully saturated rings. The molecule has 1 saturated carbocycles. The standard InChI is InChI=1S/C22H24N2O8/c1-7-8-4-5-10(24(2)3)17(27)13(8)18(28)15-12(7)16(26)9-6-11(25)14(21(23)31)19(29)22(9,32)20(15)30/h4-5,7,9,12,16,26-29,32H,6H2,1-3H3,(H2,23,31)/t7-,9+,12+,16+,22+/m0/s1. The molecule has 1 amide bonds. The van der Waals surface area contributed by atoms with Crippen LogP contribution in [0.1, 0.15) is 30.4 Å². The van der Waals surface area contributed by atoms with E-state index >= 15 is 0 Å². The van der Waals surface area contributed by atoms with E-state index in [0.29, 0.717) is 11.3 Å². The summed E-state index contributed by atoms with van der Waals surface area (Å²) in [6, 6.07) is 3.29. The van der Waals surface area contributed by atoms with Crippen LogP contribution in [0.15, 0.2) is 29.0 Å². The maximum absolute atomic E-state index is 13.5. The van der Waals surface area contributed by atoms with Gasteiger partial charge in [0, 0.05) is 37.9 Å². The first kappa shape index (κ1) is 21.8. The van der Waals surface area contributed by atoms with Gasteiger partial charge >= 0.3 is 0 Å². The number of aromatic hydroxyl groups is 1. The Morgan fingerprint density at radius 3 is 2.38 bits per heavy atom. The van der Waals surface area contributed by atoms with Gasteiger partial charge in [0.25, 0.3) is 5.91 Å². The number of nitrogens with zero attached hydrogens (tertiary/aromatic N) is 1. The number of aliphatic hydroxyl groups is 4. The largest absolute Gasteiger partial charge is 0.508 e. The molecular formula is C22H24N2O8. The molecule has 1 aromatic carbocycles. The Labute approximate surface area is 182 Å². The molecule has 0 bridgehead atoms. The smallest absolute Gasteiger partial charge is 0.255 e. The van der Waals surface area contributed by atoms with E-state index in [2.05, 4.69) is 0 Å². The molecular weight excluding hydrogens is 420 g/mol. The van der Waals surface area contributed by atoms with Crippen LogP contribution in [0.2, 0.25) is 0 Å². The van der Waals surface area contributed by atoms with E-state index in [1.807, 2.05) is 0 Å². The lowest BCUT2D eigenvalue weighted by atomic mass is 9.55. The van der Waals surface area contributed by atoms with Crippen LogP contribution in [0.4, 0.5) is 5.69 Å². The van der Waals surface area contributed by atoms with Crippen molar-refractivity contribution >= 4 is 28.9 Å². The minimum absolute atomic E-state index is 0.0250. The highest BCUT2D eigenvalue weighted by Crippen LogP contribution is 2.56. The number of aliphatic hydroxyl groups excluding tert-OH is 3. The molecule has 32 heavy (non-hydrogen) atoms. The van der Waals surface area contributed by atoms with Crippen molar-refractivity contribution in [3.05, 3.63) is 40.2 Å². The molecule has 0 radical (unpaired) electrons. The number of ketones is 2. The number of carbonyl (C=O) groups is 3. The third-order valence-corrected chi connectivity index (χ3v) is 6.96. The zero-order valence-electron chi connectivity index (χ0n) is 17.7. The maximum atomic E-state index is 13.5. The third-order valence-electron chi connectivity index (χ3n) is 6.96. The molecule has 7 N–H and O–H groups in total. The van der Waals surface area contributed by atoms with Crippen molar-refractivity contribution in [2.45, 2.75) is 31.0 Å². The molecule has 3 aliphatic rings. The van der Waals surface area contributed by atoms with Crippen molar-refractivity contribution in [2.75, 3.05) is 19.0 Å². The Bertz CT molecular complexity index is 1150. The molecule has 4 rings (SSSR count). The van der Waals surface area contributed by atoms with Crippen LogP contribution in [0.3, 0.4) is 0 Å². The minimum atomic E-state index is -2.83. The van der Waals surface area contributed by atoms with Gasteiger partial charge in [-0.2, -0.15) is 0 Å². The summed E-state index contributed by atoms with van der Waals surface area (Å²) in [6.45, 7) is 1.68. The van der Waals surface area contributed by atoms with Crippen molar-refractivity contribution in [1.82, 2.24) is 0 Å². The van der Waals surface area contributed by atoms with Gasteiger partial charge < -0.3 is 36.2 Å². The number of rotatable bonds is 2. The molecule has 5 atom stereocenters. The molecule has 170 valence electrons. The van der Waals surface area contributed by atoms with Crippen LogP contribution >= 0.6 is 0 Å². The summed E-state index contributed by atoms with van der Waals surface area (Å²) in [4.78, 5) is 39.2. The van der Waals surface area contributed by atoms with Gasteiger partial charge in [-0.15, -0.1) is 0 Å². The molecule has 10 heteroatoms. The summed E-state index contributed by atoms with van der Waals surface area (Å²) in [5.41, 5.74) is 1.83. The van der Waals surface area contributed by atoms with E-state index < -0.39 is 76.0 Å². The number of primary amides is 1. The fourth-order valence-electron chi connectivity index (χ4n) is 5.35. The number of amides is 1. The maximum Gasteiger partial charge on any atom is 0.255 e. The van der Waals surface area contributed by atoms with E-state index in [1.165, 1.54) is 0 Å². The highest BCUT2D eigenvalue weighted by Gasteiger charge is 2.64. The van der Waals surface area contributed by atoms with Gasteiger partial charge in [0.05, 0.1) is 17.4 Å². The summed E-state index contributed by atoms with van der Waals surface area (Å²) in [5.74, 6) is -8.64. The van der Waals surface area contributed by atoms with E-state index in [4.69, 9.17) is 5.73 Å². The van der Waals surface area contributed by atoms with Crippen molar-refractivity contribution in [2.24, 2.45) is 17.6 Å². The quantitative estimate of drug-likeness (QED) is 0.343. The summed E-state index contributed by atoms with van der Waals surface area (Å²) in [6.07, 6.45) is -2.13. The van der Waals surface area contributed by atoms with Gasteiger partial charge in [-0.1, -0.05) is 13.0 Å². The van der Waals surface area contributed by atoms with Gasteiger partial charge in [0.15, 0.2) is 11.4 Å². The predicted molar refractivity (Wildman–Crippen MR) is 112 cm³/mol. The number of anilines is 1. The van der Waals surface area contributed by atoms with E-state index in [9.17, 15) is 39.9 Å². The number of Topliss-reactive ketones (excluding diaryl/α,β-unsaturated/α-hetero) is 2. The average molecular weight is 444 g/mol. The Morgan fingerprint density at radius 1 is 1.19 bits per heavy atom. The lowest BCUT2D eigenvalue weighted by molar-refractivity contribution is -0.160. The number of hydrogen-bond acceptors (Lipinski definition) is 9. The van der Waals surface area contributed by atoms with E-state index in [-0.39, 0.29) is 11.3 Å². The summed E-state index contributed by atoms with van der Waals surface area (Å²) < 4.78 is 0. The molecule has 10 nitrogen and oxygen atoms in total. The number of hydrogen-bond donors (Lipinski definition) is 6. The number of carbonyl (C=O) groups excluding carboxylic acids is 3. The fraction of sp³-hybridized carbons (Fsp3) is 0.409. The first-order valence-electron chi connectivity index (χ1n) is 10.0. The molecule has 0 spiro atoms. The second-order valence-corrected chi connectivity index (χ2v) is 8.78. The highest BCUT2D eigenvalue weighted by molar-refractivity contribution is 6.23. The zero-order valence-corrected chi connectivity index (χ0v) is 17.7. The lowest BCUT2D eigenvalue weighted by Crippen LogP contribution is -2.63. The summed E-state index contributed by atoms with van der Waals surface area (Å²) in [7, 11) is 3.35. The Balaban J connectivity index is 2.02. The van der Waals surface area contributed by atoms with Crippen molar-refractivity contribution < 1.29 is 39.9 Å². The predicted octanol–water partition coefficient (Wildman–Crippen LogP) is 0.0217. The first-order valence-corrected chi connectivity index (χ1v) is 10.0. The minimum Gasteiger partial charge on any atom is -0.508 e. The van der Waals surface area contributed by atoms with Crippen LogP contribution in [-0.4, -0.2) is 68.8 Å². The van der Waals surface area contributed by atoms with Crippen molar-refractivity contribution in [3.8, 4) is 5.75 Å². The van der Waals surface area contributed by atoms with Crippen LogP contribution in [0.25, 0.3) is 5.76 Å². The molecule has 0 saturated heterocycles. The monoisotopic (exact) mass is 444 g/mol. The first-order chi connectivity index (χ1) is 14.8. The number of phenols is 1. The van der Waals surface area contributed by atoms with Gasteiger partial charge in [-0.25, -0.2) is 0 Å². The number of benzene rings is 1. The normalized spacial score (nSPS) is 31.8. The summed E-state index contributed by atoms with van der Waals surface area (Å²) >= 11 is 0. The van der Waals surface area contributed by atoms with Crippen LogP contribution in [0.5, 0.6) is 5.75 Å². The molecule has 0 unspecified atom stereocenters. The van der Waals surface area contributed by atoms with Gasteiger partial charge in [0.2, 0.25) is 5.78 Å². The number of phenolic OH excluding ortho intramolecular Hbond substituents is 1. The fourth-order valence-corrected chi connectivity index (χ4v) is 5.35. The van der Waals surface area contributed by atoms with Gasteiger partial charge in [0.1, 0.15) is 22.8 Å². The van der Waals surface area contributed by atoms with Crippen molar-refractivity contribution in [1.29, 1.82) is 0 Å². The van der Waals surface area contributed by atoms with E-state index in [1.54, 1.807) is 38.1 Å². The van der Waals surface area contributed by atoms with E-state index in [0.717, 1.165) is 0 Å². The second kappa shape index (κ2) is 6.81. The molecule has 0 heterocycles. The number of nitrogens with two attached hydrogens (primary N) is 1. The van der Waals surface area contributed by atoms with Gasteiger partial charge in [-0.3, -0.25) is 14.4 Å². The average Bonchev–Trinajstić information content (AvgIpc) is 2.70. The van der Waals surface area contributed by atoms with Crippen molar-refractivity contribution in [3.63, 3.8) is 0 Å². The second-order valence-electron chi connectivity index (χ2n) is 8.78. The SMILES string of the molecule is C[C@H]1c2ccc(N(C)C)c(O)c2C(O)=C2C(=O)[C@]3(O)C(O)=C(C(N)=O)C(=O)C[C@@H]3[C@@H](O)[C@@H]21. The van der Waals surface area contributed by atoms with Crippen LogP contribution in [-0.2, 0) is 14.4 Å². The Kier molecular flexibility index (Phi) is 4.65. The molecule has 1 aromatic rings. The topological polar surface area (TPSA) is 182 Å². The zero-order chi connectivity index (χ0) is 23.9.